The quantitative estimate of drug-likeness (QED) is 0.856. The van der Waals surface area contributed by atoms with E-state index in [1.54, 1.807) is 6.07 Å². The minimum Gasteiger partial charge on any atom is -0.465 e. The zero-order valence-corrected chi connectivity index (χ0v) is 12.8. The van der Waals surface area contributed by atoms with E-state index < -0.39 is 5.92 Å². The molecular weight excluding hydrogens is 296 g/mol. The molecule has 1 saturated heterocycles. The zero-order valence-electron chi connectivity index (χ0n) is 12.8. The number of aliphatic hydroxyl groups is 1. The van der Waals surface area contributed by atoms with E-state index in [1.807, 2.05) is 30.3 Å². The molecule has 0 unspecified atom stereocenters. The van der Waals surface area contributed by atoms with E-state index in [-0.39, 0.29) is 24.6 Å². The minimum absolute atomic E-state index is 0.175. The number of carbonyl (C=O) groups excluding carboxylic acids is 2. The Morgan fingerprint density at radius 2 is 2.13 bits per heavy atom. The van der Waals surface area contributed by atoms with Gasteiger partial charge in [0.25, 0.3) is 0 Å². The molecule has 0 bridgehead atoms. The summed E-state index contributed by atoms with van der Waals surface area (Å²) in [5.41, 5.74) is 1.59. The molecule has 1 N–H and O–H groups in total. The number of carbonyl (C=O) groups is 2. The lowest BCUT2D eigenvalue weighted by molar-refractivity contribution is -0.188. The number of cyclic esters (lactones) is 1. The van der Waals surface area contributed by atoms with Crippen LogP contribution in [0.4, 0.5) is 0 Å². The predicted octanol–water partition coefficient (Wildman–Crippen LogP) is 2.09. The number of hydrogen-bond acceptors (Lipinski definition) is 5. The fourth-order valence-corrected chi connectivity index (χ4v) is 2.95. The number of ether oxygens (including phenoxy) is 2. The summed E-state index contributed by atoms with van der Waals surface area (Å²) in [6.07, 6.45) is 1.13. The van der Waals surface area contributed by atoms with Crippen molar-refractivity contribution in [2.75, 3.05) is 13.7 Å². The molecule has 0 spiro atoms. The molecule has 23 heavy (non-hydrogen) atoms. The number of esters is 2. The van der Waals surface area contributed by atoms with Crippen molar-refractivity contribution in [2.24, 2.45) is 5.92 Å². The molecule has 0 saturated carbocycles. The van der Waals surface area contributed by atoms with Crippen LogP contribution in [0.2, 0.25) is 0 Å². The molecule has 5 heteroatoms. The average Bonchev–Trinajstić information content (AvgIpc) is 2.57. The van der Waals surface area contributed by atoms with Crippen molar-refractivity contribution in [3.63, 3.8) is 0 Å². The number of benzene rings is 2. The molecule has 1 aliphatic rings. The Hall–Kier alpha value is -2.40. The number of aryl methyl sites for hydroxylation is 1. The third kappa shape index (κ3) is 2.92. The second-order valence-corrected chi connectivity index (χ2v) is 5.65. The molecule has 2 atom stereocenters. The highest BCUT2D eigenvalue weighted by molar-refractivity contribution is 5.96. The second-order valence-electron chi connectivity index (χ2n) is 5.65. The van der Waals surface area contributed by atoms with E-state index in [9.17, 15) is 9.59 Å². The normalized spacial score (nSPS) is 20.0. The lowest BCUT2D eigenvalue weighted by Crippen LogP contribution is -2.47. The second kappa shape index (κ2) is 6.38. The maximum atomic E-state index is 11.7. The molecule has 0 aromatic heterocycles. The first-order valence-electron chi connectivity index (χ1n) is 7.55. The van der Waals surface area contributed by atoms with Crippen molar-refractivity contribution < 1.29 is 24.2 Å². The zero-order chi connectivity index (χ0) is 16.4. The van der Waals surface area contributed by atoms with Crippen molar-refractivity contribution in [3.8, 4) is 0 Å². The van der Waals surface area contributed by atoms with Gasteiger partial charge in [-0.05, 0) is 41.3 Å². The van der Waals surface area contributed by atoms with Crippen molar-refractivity contribution >= 4 is 22.7 Å². The number of hydrogen-bond donors (Lipinski definition) is 1. The van der Waals surface area contributed by atoms with Crippen LogP contribution in [-0.4, -0.2) is 36.9 Å². The molecule has 2 aromatic carbocycles. The van der Waals surface area contributed by atoms with Crippen LogP contribution >= 0.6 is 0 Å². The van der Waals surface area contributed by atoms with E-state index in [0.29, 0.717) is 18.4 Å². The van der Waals surface area contributed by atoms with Gasteiger partial charge in [-0.25, -0.2) is 4.79 Å². The Bertz CT molecular complexity index is 752. The molecule has 0 aliphatic carbocycles. The summed E-state index contributed by atoms with van der Waals surface area (Å²) in [6, 6.07) is 11.4. The first-order chi connectivity index (χ1) is 11.1. The van der Waals surface area contributed by atoms with E-state index >= 15 is 0 Å². The molecular formula is C18H18O5. The van der Waals surface area contributed by atoms with Crippen molar-refractivity contribution in [1.82, 2.24) is 0 Å². The van der Waals surface area contributed by atoms with E-state index in [0.717, 1.165) is 16.3 Å². The molecule has 0 amide bonds. The molecule has 5 nitrogen and oxygen atoms in total. The van der Waals surface area contributed by atoms with Gasteiger partial charge in [0.05, 0.1) is 19.3 Å². The highest BCUT2D eigenvalue weighted by Gasteiger charge is 2.41. The van der Waals surface area contributed by atoms with Gasteiger partial charge in [0.1, 0.15) is 12.0 Å². The van der Waals surface area contributed by atoms with Crippen molar-refractivity contribution in [3.05, 3.63) is 47.5 Å². The molecule has 1 fully saturated rings. The SMILES string of the molecule is COC(=O)c1ccc2cccc(CC[C@H]3OC(=O)[C@@H]3CO)c2c1. The largest absolute Gasteiger partial charge is 0.465 e. The van der Waals surface area contributed by atoms with Gasteiger partial charge in [-0.2, -0.15) is 0 Å². The van der Waals surface area contributed by atoms with Gasteiger partial charge < -0.3 is 14.6 Å². The smallest absolute Gasteiger partial charge is 0.337 e. The first-order valence-corrected chi connectivity index (χ1v) is 7.55. The Labute approximate surface area is 133 Å². The molecule has 120 valence electrons. The lowest BCUT2D eigenvalue weighted by Gasteiger charge is -2.33. The summed E-state index contributed by atoms with van der Waals surface area (Å²) in [4.78, 5) is 22.9. The summed E-state index contributed by atoms with van der Waals surface area (Å²) in [5, 5.41) is 11.2. The maximum absolute atomic E-state index is 11.7. The van der Waals surface area contributed by atoms with Crippen molar-refractivity contribution in [2.45, 2.75) is 18.9 Å². The monoisotopic (exact) mass is 314 g/mol. The summed E-state index contributed by atoms with van der Waals surface area (Å²) in [7, 11) is 1.36. The van der Waals surface area contributed by atoms with Crippen LogP contribution in [-0.2, 0) is 20.7 Å². The lowest BCUT2D eigenvalue weighted by atomic mass is 9.91. The third-order valence-electron chi connectivity index (χ3n) is 4.31. The number of fused-ring (bicyclic) bond motifs is 1. The molecule has 0 radical (unpaired) electrons. The van der Waals surface area contributed by atoms with Gasteiger partial charge >= 0.3 is 11.9 Å². The first kappa shape index (κ1) is 15.5. The number of methoxy groups -OCH3 is 1. The summed E-state index contributed by atoms with van der Waals surface area (Å²) in [5.74, 6) is -1.10. The van der Waals surface area contributed by atoms with Crippen molar-refractivity contribution in [1.29, 1.82) is 0 Å². The van der Waals surface area contributed by atoms with Gasteiger partial charge in [0, 0.05) is 0 Å². The van der Waals surface area contributed by atoms with Gasteiger partial charge in [-0.3, -0.25) is 4.79 Å². The van der Waals surface area contributed by atoms with Crippen LogP contribution in [0.25, 0.3) is 10.8 Å². The van der Waals surface area contributed by atoms with Gasteiger partial charge in [-0.1, -0.05) is 24.3 Å². The van der Waals surface area contributed by atoms with Crippen LogP contribution in [0, 0.1) is 5.92 Å². The standard InChI is InChI=1S/C18H18O5/c1-22-17(20)13-6-5-11-3-2-4-12(14(11)9-13)7-8-16-15(10-19)18(21)23-16/h2-6,9,15-16,19H,7-8,10H2,1H3/t15-,16-/m1/s1. The maximum Gasteiger partial charge on any atom is 0.337 e. The van der Waals surface area contributed by atoms with E-state index in [4.69, 9.17) is 14.6 Å². The van der Waals surface area contributed by atoms with Crippen LogP contribution in [0.1, 0.15) is 22.3 Å². The van der Waals surface area contributed by atoms with Crippen LogP contribution in [0.5, 0.6) is 0 Å². The van der Waals surface area contributed by atoms with Crippen LogP contribution in [0.15, 0.2) is 36.4 Å². The topological polar surface area (TPSA) is 72.8 Å². The third-order valence-corrected chi connectivity index (χ3v) is 4.31. The Morgan fingerprint density at radius 3 is 2.83 bits per heavy atom. The predicted molar refractivity (Wildman–Crippen MR) is 84.1 cm³/mol. The highest BCUT2D eigenvalue weighted by atomic mass is 16.6. The van der Waals surface area contributed by atoms with Gasteiger partial charge in [-0.15, -0.1) is 0 Å². The van der Waals surface area contributed by atoms with Gasteiger partial charge in [0.15, 0.2) is 0 Å². The summed E-state index contributed by atoms with van der Waals surface area (Å²) >= 11 is 0. The van der Waals surface area contributed by atoms with E-state index in [1.165, 1.54) is 7.11 Å². The Kier molecular flexibility index (Phi) is 4.30. The fourth-order valence-electron chi connectivity index (χ4n) is 2.95. The summed E-state index contributed by atoms with van der Waals surface area (Å²) < 4.78 is 9.85. The summed E-state index contributed by atoms with van der Waals surface area (Å²) in [6.45, 7) is -0.175. The van der Waals surface area contributed by atoms with Gasteiger partial charge in [0.2, 0.25) is 0 Å². The van der Waals surface area contributed by atoms with Crippen LogP contribution in [0.3, 0.4) is 0 Å². The Morgan fingerprint density at radius 1 is 1.30 bits per heavy atom. The minimum atomic E-state index is -0.407. The number of aliphatic hydroxyl groups excluding tert-OH is 1. The molecule has 1 heterocycles. The molecule has 3 rings (SSSR count). The Balaban J connectivity index is 1.82. The van der Waals surface area contributed by atoms with E-state index in [2.05, 4.69) is 0 Å². The van der Waals surface area contributed by atoms with Crippen LogP contribution < -0.4 is 0 Å². The number of rotatable bonds is 5. The molecule has 2 aromatic rings. The molecule has 1 aliphatic heterocycles. The highest BCUT2D eigenvalue weighted by Crippen LogP contribution is 2.28. The average molecular weight is 314 g/mol. The fraction of sp³-hybridized carbons (Fsp3) is 0.333.